The fourth-order valence-electron chi connectivity index (χ4n) is 3.27. The van der Waals surface area contributed by atoms with Crippen molar-refractivity contribution in [3.8, 4) is 0 Å². The van der Waals surface area contributed by atoms with Crippen LogP contribution in [0.4, 0.5) is 0 Å². The molecule has 1 saturated carbocycles. The monoisotopic (exact) mass is 306 g/mol. The fraction of sp³-hybridized carbons (Fsp3) is 0.706. The summed E-state index contributed by atoms with van der Waals surface area (Å²) in [5.74, 6) is 0.912. The van der Waals surface area contributed by atoms with Crippen LogP contribution < -0.4 is 5.32 Å². The topological polar surface area (TPSA) is 32.3 Å². The number of nitrogens with zero attached hydrogens (tertiary/aromatic N) is 1. The van der Waals surface area contributed by atoms with Crippen LogP contribution in [0.2, 0.25) is 0 Å². The maximum atomic E-state index is 12.9. The second-order valence-corrected chi connectivity index (χ2v) is 8.85. The molecular formula is C17H26N2OS. The quantitative estimate of drug-likeness (QED) is 0.920. The summed E-state index contributed by atoms with van der Waals surface area (Å²) in [5.41, 5.74) is -0.0109. The maximum absolute atomic E-state index is 12.9. The van der Waals surface area contributed by atoms with E-state index in [0.29, 0.717) is 11.3 Å². The van der Waals surface area contributed by atoms with Gasteiger partial charge in [-0.3, -0.25) is 10.1 Å². The second kappa shape index (κ2) is 4.82. The third-order valence-electron chi connectivity index (χ3n) is 5.37. The van der Waals surface area contributed by atoms with Crippen molar-refractivity contribution in [2.45, 2.75) is 59.2 Å². The van der Waals surface area contributed by atoms with Crippen LogP contribution in [0, 0.1) is 18.3 Å². The summed E-state index contributed by atoms with van der Waals surface area (Å²) >= 11 is 1.79. The van der Waals surface area contributed by atoms with Crippen molar-refractivity contribution in [1.29, 1.82) is 0 Å². The van der Waals surface area contributed by atoms with Gasteiger partial charge >= 0.3 is 0 Å². The molecule has 0 spiro atoms. The lowest BCUT2D eigenvalue weighted by molar-refractivity contribution is -0.133. The molecule has 1 aromatic rings. The SMILES string of the molecule is CCC1(C)NC(c2ccc(C)s2)N(CC2CC2(C)C)C1=O. The van der Waals surface area contributed by atoms with Crippen LogP contribution >= 0.6 is 11.3 Å². The molecule has 3 unspecified atom stereocenters. The molecule has 1 amide bonds. The number of aryl methyl sites for hydroxylation is 1. The Morgan fingerprint density at radius 2 is 2.05 bits per heavy atom. The molecule has 1 saturated heterocycles. The first kappa shape index (κ1) is 15.0. The number of hydrogen-bond acceptors (Lipinski definition) is 3. The molecule has 3 rings (SSSR count). The van der Waals surface area contributed by atoms with E-state index in [1.165, 1.54) is 16.2 Å². The number of thiophene rings is 1. The minimum absolute atomic E-state index is 0.0533. The van der Waals surface area contributed by atoms with Gasteiger partial charge in [0, 0.05) is 16.3 Å². The molecule has 3 nitrogen and oxygen atoms in total. The molecule has 1 aromatic heterocycles. The predicted octanol–water partition coefficient (Wildman–Crippen LogP) is 3.70. The third-order valence-corrected chi connectivity index (χ3v) is 6.43. The highest BCUT2D eigenvalue weighted by Crippen LogP contribution is 2.53. The highest BCUT2D eigenvalue weighted by molar-refractivity contribution is 7.12. The van der Waals surface area contributed by atoms with Crippen LogP contribution in [0.1, 0.15) is 56.5 Å². The lowest BCUT2D eigenvalue weighted by Gasteiger charge is -2.24. The number of carbonyl (C=O) groups excluding carboxylic acids is 1. The number of hydrogen-bond donors (Lipinski definition) is 1. The maximum Gasteiger partial charge on any atom is 0.244 e. The van der Waals surface area contributed by atoms with Crippen LogP contribution in [0.25, 0.3) is 0 Å². The van der Waals surface area contributed by atoms with E-state index in [1.807, 2.05) is 6.92 Å². The van der Waals surface area contributed by atoms with E-state index in [2.05, 4.69) is 50.0 Å². The Morgan fingerprint density at radius 3 is 2.52 bits per heavy atom. The molecule has 2 fully saturated rings. The van der Waals surface area contributed by atoms with Gasteiger partial charge in [0.15, 0.2) is 0 Å². The Morgan fingerprint density at radius 1 is 1.38 bits per heavy atom. The van der Waals surface area contributed by atoms with E-state index in [9.17, 15) is 4.79 Å². The minimum Gasteiger partial charge on any atom is -0.320 e. The van der Waals surface area contributed by atoms with Gasteiger partial charge < -0.3 is 4.90 Å². The Bertz CT molecular complexity index is 565. The van der Waals surface area contributed by atoms with E-state index < -0.39 is 5.54 Å². The van der Waals surface area contributed by atoms with Gasteiger partial charge in [-0.1, -0.05) is 20.8 Å². The number of rotatable bonds is 4. The first-order valence-corrected chi connectivity index (χ1v) is 8.73. The van der Waals surface area contributed by atoms with Crippen LogP contribution in [0.15, 0.2) is 12.1 Å². The van der Waals surface area contributed by atoms with Crippen LogP contribution in [-0.2, 0) is 4.79 Å². The summed E-state index contributed by atoms with van der Waals surface area (Å²) in [6, 6.07) is 4.31. The zero-order valence-corrected chi connectivity index (χ0v) is 14.5. The molecule has 4 heteroatoms. The Hall–Kier alpha value is -0.870. The van der Waals surface area contributed by atoms with Gasteiger partial charge in [0.05, 0.1) is 5.54 Å². The highest BCUT2D eigenvalue weighted by atomic mass is 32.1. The molecule has 21 heavy (non-hydrogen) atoms. The van der Waals surface area contributed by atoms with Crippen molar-refractivity contribution >= 4 is 17.2 Å². The fourth-order valence-corrected chi connectivity index (χ4v) is 4.21. The van der Waals surface area contributed by atoms with E-state index in [1.54, 1.807) is 11.3 Å². The van der Waals surface area contributed by atoms with Crippen molar-refractivity contribution in [3.05, 3.63) is 21.9 Å². The van der Waals surface area contributed by atoms with E-state index in [4.69, 9.17) is 0 Å². The lowest BCUT2D eigenvalue weighted by atomic mass is 9.99. The van der Waals surface area contributed by atoms with Crippen molar-refractivity contribution in [2.24, 2.45) is 11.3 Å². The normalized spacial score (nSPS) is 34.5. The first-order valence-electron chi connectivity index (χ1n) is 7.92. The van der Waals surface area contributed by atoms with E-state index in [-0.39, 0.29) is 12.1 Å². The summed E-state index contributed by atoms with van der Waals surface area (Å²) in [6.45, 7) is 11.7. The lowest BCUT2D eigenvalue weighted by Crippen LogP contribution is -2.43. The highest BCUT2D eigenvalue weighted by Gasteiger charge is 2.53. The zero-order chi connectivity index (χ0) is 15.4. The summed E-state index contributed by atoms with van der Waals surface area (Å²) in [5, 5.41) is 3.59. The van der Waals surface area contributed by atoms with Crippen LogP contribution in [0.5, 0.6) is 0 Å². The van der Waals surface area contributed by atoms with Crippen LogP contribution in [-0.4, -0.2) is 22.9 Å². The number of nitrogens with one attached hydrogen (secondary N) is 1. The average molecular weight is 306 g/mol. The van der Waals surface area contributed by atoms with E-state index in [0.717, 1.165) is 13.0 Å². The van der Waals surface area contributed by atoms with Gasteiger partial charge in [0.1, 0.15) is 6.17 Å². The standard InChI is InChI=1S/C17H26N2OS/c1-6-17(5)15(20)19(10-12-9-16(12,3)4)14(18-17)13-8-7-11(2)21-13/h7-8,12,14,18H,6,9-10H2,1-5H3. The van der Waals surface area contributed by atoms with Gasteiger partial charge in [-0.25, -0.2) is 0 Å². The first-order chi connectivity index (χ1) is 9.77. The molecule has 116 valence electrons. The third kappa shape index (κ3) is 2.53. The number of carbonyl (C=O) groups is 1. The molecule has 2 heterocycles. The minimum atomic E-state index is -0.415. The smallest absolute Gasteiger partial charge is 0.244 e. The van der Waals surface area contributed by atoms with Gasteiger partial charge in [-0.05, 0) is 50.2 Å². The molecule has 0 radical (unpaired) electrons. The second-order valence-electron chi connectivity index (χ2n) is 7.53. The molecule has 3 atom stereocenters. The molecule has 1 N–H and O–H groups in total. The summed E-state index contributed by atoms with van der Waals surface area (Å²) in [6.07, 6.45) is 2.12. The molecule has 1 aliphatic heterocycles. The average Bonchev–Trinajstić information content (AvgIpc) is 2.74. The number of amides is 1. The molecule has 0 bridgehead atoms. The van der Waals surface area contributed by atoms with Gasteiger partial charge in [-0.2, -0.15) is 0 Å². The van der Waals surface area contributed by atoms with Gasteiger partial charge in [0.2, 0.25) is 5.91 Å². The Labute approximate surface area is 131 Å². The van der Waals surface area contributed by atoms with Crippen molar-refractivity contribution < 1.29 is 4.79 Å². The van der Waals surface area contributed by atoms with E-state index >= 15 is 0 Å². The molecule has 0 aromatic carbocycles. The Kier molecular flexibility index (Phi) is 3.45. The summed E-state index contributed by atoms with van der Waals surface area (Å²) in [7, 11) is 0. The summed E-state index contributed by atoms with van der Waals surface area (Å²) < 4.78 is 0. The van der Waals surface area contributed by atoms with Gasteiger partial charge in [0.25, 0.3) is 0 Å². The van der Waals surface area contributed by atoms with Crippen molar-refractivity contribution in [3.63, 3.8) is 0 Å². The Balaban J connectivity index is 1.87. The van der Waals surface area contributed by atoms with Gasteiger partial charge in [-0.15, -0.1) is 11.3 Å². The zero-order valence-electron chi connectivity index (χ0n) is 13.7. The predicted molar refractivity (Wildman–Crippen MR) is 87.2 cm³/mol. The molecular weight excluding hydrogens is 280 g/mol. The molecule has 2 aliphatic rings. The summed E-state index contributed by atoms with van der Waals surface area (Å²) in [4.78, 5) is 17.5. The van der Waals surface area contributed by atoms with Crippen LogP contribution in [0.3, 0.4) is 0 Å². The van der Waals surface area contributed by atoms with Crippen molar-refractivity contribution in [1.82, 2.24) is 10.2 Å². The largest absolute Gasteiger partial charge is 0.320 e. The molecule has 1 aliphatic carbocycles. The van der Waals surface area contributed by atoms with Crippen molar-refractivity contribution in [2.75, 3.05) is 6.54 Å².